The minimum absolute atomic E-state index is 0.219. The van der Waals surface area contributed by atoms with Gasteiger partial charge in [0.05, 0.1) is 0 Å². The largest absolute Gasteiger partial charge is 0.444 e. The molecule has 0 saturated carbocycles. The van der Waals surface area contributed by atoms with Crippen LogP contribution in [0.15, 0.2) is 0 Å². The van der Waals surface area contributed by atoms with Crippen LogP contribution < -0.4 is 0 Å². The number of hydrogen-bond acceptors (Lipinski definition) is 3. The molecule has 1 saturated heterocycles. The Morgan fingerprint density at radius 3 is 2.39 bits per heavy atom. The summed E-state index contributed by atoms with van der Waals surface area (Å²) in [7, 11) is 0. The van der Waals surface area contributed by atoms with Gasteiger partial charge in [-0.25, -0.2) is 4.79 Å². The van der Waals surface area contributed by atoms with E-state index in [1.807, 2.05) is 20.8 Å². The lowest BCUT2D eigenvalue weighted by molar-refractivity contribution is -0.109. The van der Waals surface area contributed by atoms with Gasteiger partial charge in [0.15, 0.2) is 0 Å². The van der Waals surface area contributed by atoms with Crippen molar-refractivity contribution in [2.75, 3.05) is 13.1 Å². The minimum Gasteiger partial charge on any atom is -0.444 e. The van der Waals surface area contributed by atoms with E-state index in [9.17, 15) is 9.59 Å². The average molecular weight is 255 g/mol. The van der Waals surface area contributed by atoms with Gasteiger partial charge in [-0.05, 0) is 45.4 Å². The van der Waals surface area contributed by atoms with Crippen LogP contribution in [-0.2, 0) is 9.53 Å². The first-order chi connectivity index (χ1) is 8.33. The number of rotatable bonds is 3. The Morgan fingerprint density at radius 2 is 1.94 bits per heavy atom. The van der Waals surface area contributed by atoms with Crippen molar-refractivity contribution in [3.63, 3.8) is 0 Å². The van der Waals surface area contributed by atoms with Crippen molar-refractivity contribution in [3.8, 4) is 0 Å². The summed E-state index contributed by atoms with van der Waals surface area (Å²) in [6, 6.07) is 0. The fourth-order valence-electron chi connectivity index (χ4n) is 2.32. The first-order valence-electron chi connectivity index (χ1n) is 6.75. The zero-order valence-corrected chi connectivity index (χ0v) is 11.9. The first kappa shape index (κ1) is 15.0. The number of hydrogen-bond donors (Lipinski definition) is 0. The van der Waals surface area contributed by atoms with Crippen molar-refractivity contribution in [2.24, 2.45) is 11.8 Å². The molecule has 1 amide bonds. The minimum atomic E-state index is -0.432. The van der Waals surface area contributed by atoms with Crippen LogP contribution >= 0.6 is 0 Å². The van der Waals surface area contributed by atoms with E-state index in [1.165, 1.54) is 0 Å². The lowest BCUT2D eigenvalue weighted by Crippen LogP contribution is -2.42. The predicted octanol–water partition coefficient (Wildman–Crippen LogP) is 2.86. The average Bonchev–Trinajstić information content (AvgIpc) is 2.27. The van der Waals surface area contributed by atoms with E-state index in [0.29, 0.717) is 18.3 Å². The smallest absolute Gasteiger partial charge is 0.410 e. The Balaban J connectivity index is 2.39. The monoisotopic (exact) mass is 255 g/mol. The molecule has 0 aromatic carbocycles. The Labute approximate surface area is 110 Å². The first-order valence-corrected chi connectivity index (χ1v) is 6.75. The van der Waals surface area contributed by atoms with Crippen LogP contribution in [0.1, 0.15) is 47.0 Å². The normalized spacial score (nSPS) is 19.4. The van der Waals surface area contributed by atoms with Crippen LogP contribution in [0.5, 0.6) is 0 Å². The van der Waals surface area contributed by atoms with Crippen molar-refractivity contribution in [1.29, 1.82) is 0 Å². The molecule has 0 aliphatic carbocycles. The van der Waals surface area contributed by atoms with Crippen molar-refractivity contribution in [1.82, 2.24) is 4.90 Å². The summed E-state index contributed by atoms with van der Waals surface area (Å²) in [5, 5.41) is 0. The van der Waals surface area contributed by atoms with Gasteiger partial charge in [-0.3, -0.25) is 0 Å². The molecular formula is C14H25NO3. The standard InChI is InChI=1S/C14H25NO3/c1-11(7-10-16)12-5-8-15(9-6-12)13(17)18-14(2,3)4/h10-12H,5-9H2,1-4H3/t11-/m1/s1. The predicted molar refractivity (Wildman–Crippen MR) is 70.4 cm³/mol. The molecule has 1 aliphatic heterocycles. The fraction of sp³-hybridized carbons (Fsp3) is 0.857. The number of carbonyl (C=O) groups excluding carboxylic acids is 2. The van der Waals surface area contributed by atoms with Gasteiger partial charge >= 0.3 is 6.09 Å². The molecule has 0 aromatic heterocycles. The molecule has 104 valence electrons. The Hall–Kier alpha value is -1.06. The second-order valence-electron chi connectivity index (χ2n) is 6.18. The summed E-state index contributed by atoms with van der Waals surface area (Å²) < 4.78 is 5.35. The molecule has 1 atom stereocenters. The highest BCUT2D eigenvalue weighted by molar-refractivity contribution is 5.68. The molecule has 1 aliphatic rings. The molecule has 0 unspecified atom stereocenters. The molecule has 1 fully saturated rings. The third-order valence-electron chi connectivity index (χ3n) is 3.46. The van der Waals surface area contributed by atoms with Crippen LogP contribution in [-0.4, -0.2) is 36.0 Å². The van der Waals surface area contributed by atoms with Crippen LogP contribution in [0.3, 0.4) is 0 Å². The van der Waals surface area contributed by atoms with Crippen LogP contribution in [0, 0.1) is 11.8 Å². The number of carbonyl (C=O) groups is 2. The van der Waals surface area contributed by atoms with E-state index in [0.717, 1.165) is 32.2 Å². The Kier molecular flexibility index (Phi) is 5.17. The summed E-state index contributed by atoms with van der Waals surface area (Å²) in [5.74, 6) is 0.970. The maximum Gasteiger partial charge on any atom is 0.410 e. The van der Waals surface area contributed by atoms with Crippen molar-refractivity contribution >= 4 is 12.4 Å². The second-order valence-corrected chi connectivity index (χ2v) is 6.18. The molecule has 1 rings (SSSR count). The molecule has 0 bridgehead atoms. The SMILES string of the molecule is C[C@H](CC=O)C1CCN(C(=O)OC(C)(C)C)CC1. The van der Waals surface area contributed by atoms with E-state index in [2.05, 4.69) is 6.92 Å². The van der Waals surface area contributed by atoms with Gasteiger partial charge in [-0.1, -0.05) is 6.92 Å². The summed E-state index contributed by atoms with van der Waals surface area (Å²) in [6.07, 6.45) is 3.33. The lowest BCUT2D eigenvalue weighted by atomic mass is 9.84. The molecule has 0 radical (unpaired) electrons. The maximum atomic E-state index is 11.9. The van der Waals surface area contributed by atoms with Gasteiger partial charge in [0, 0.05) is 19.5 Å². The third kappa shape index (κ3) is 4.67. The number of piperidine rings is 1. The number of aldehydes is 1. The maximum absolute atomic E-state index is 11.9. The van der Waals surface area contributed by atoms with Gasteiger partial charge < -0.3 is 14.4 Å². The van der Waals surface area contributed by atoms with Crippen molar-refractivity contribution in [3.05, 3.63) is 0 Å². The van der Waals surface area contributed by atoms with Gasteiger partial charge in [0.25, 0.3) is 0 Å². The molecule has 1 heterocycles. The topological polar surface area (TPSA) is 46.6 Å². The summed E-state index contributed by atoms with van der Waals surface area (Å²) >= 11 is 0. The van der Waals surface area contributed by atoms with Gasteiger partial charge in [0.1, 0.15) is 11.9 Å². The molecule has 4 nitrogen and oxygen atoms in total. The fourth-order valence-corrected chi connectivity index (χ4v) is 2.32. The van der Waals surface area contributed by atoms with Crippen LogP contribution in [0.4, 0.5) is 4.79 Å². The number of ether oxygens (including phenoxy) is 1. The zero-order chi connectivity index (χ0) is 13.8. The number of nitrogens with zero attached hydrogens (tertiary/aromatic N) is 1. The number of amides is 1. The van der Waals surface area contributed by atoms with E-state index < -0.39 is 5.60 Å². The molecule has 4 heteroatoms. The van der Waals surface area contributed by atoms with Crippen molar-refractivity contribution in [2.45, 2.75) is 52.6 Å². The summed E-state index contributed by atoms with van der Waals surface area (Å²) in [6.45, 7) is 9.23. The quantitative estimate of drug-likeness (QED) is 0.728. The van der Waals surface area contributed by atoms with Crippen LogP contribution in [0.25, 0.3) is 0 Å². The van der Waals surface area contributed by atoms with E-state index >= 15 is 0 Å². The summed E-state index contributed by atoms with van der Waals surface area (Å²) in [4.78, 5) is 24.1. The molecule has 0 spiro atoms. The van der Waals surface area contributed by atoms with Gasteiger partial charge in [-0.2, -0.15) is 0 Å². The molecular weight excluding hydrogens is 230 g/mol. The zero-order valence-electron chi connectivity index (χ0n) is 11.9. The highest BCUT2D eigenvalue weighted by atomic mass is 16.6. The van der Waals surface area contributed by atoms with E-state index in [1.54, 1.807) is 4.90 Å². The number of likely N-dealkylation sites (tertiary alicyclic amines) is 1. The highest BCUT2D eigenvalue weighted by Gasteiger charge is 2.28. The van der Waals surface area contributed by atoms with Crippen molar-refractivity contribution < 1.29 is 14.3 Å². The second kappa shape index (κ2) is 6.21. The lowest BCUT2D eigenvalue weighted by Gasteiger charge is -2.35. The third-order valence-corrected chi connectivity index (χ3v) is 3.46. The molecule has 0 N–H and O–H groups in total. The molecule has 18 heavy (non-hydrogen) atoms. The Morgan fingerprint density at radius 1 is 1.39 bits per heavy atom. The molecule has 0 aromatic rings. The summed E-state index contributed by atoms with van der Waals surface area (Å²) in [5.41, 5.74) is -0.432. The Bertz CT molecular complexity index is 288. The van der Waals surface area contributed by atoms with E-state index in [4.69, 9.17) is 4.74 Å². The van der Waals surface area contributed by atoms with Crippen LogP contribution in [0.2, 0.25) is 0 Å². The van der Waals surface area contributed by atoms with Gasteiger partial charge in [0.2, 0.25) is 0 Å². The highest BCUT2D eigenvalue weighted by Crippen LogP contribution is 2.27. The van der Waals surface area contributed by atoms with E-state index in [-0.39, 0.29) is 6.09 Å². The van der Waals surface area contributed by atoms with Gasteiger partial charge in [-0.15, -0.1) is 0 Å².